The van der Waals surface area contributed by atoms with Crippen LogP contribution < -0.4 is 24.8 Å². The Labute approximate surface area is 124 Å². The molecule has 0 bridgehead atoms. The van der Waals surface area contributed by atoms with Crippen molar-refractivity contribution in [1.82, 2.24) is 10.6 Å². The number of carbonyl (C=O) groups is 1. The second-order valence-electron chi connectivity index (χ2n) is 4.86. The van der Waals surface area contributed by atoms with Crippen LogP contribution in [0.1, 0.15) is 18.4 Å². The van der Waals surface area contributed by atoms with Crippen LogP contribution in [0.25, 0.3) is 0 Å². The molecule has 1 heterocycles. The van der Waals surface area contributed by atoms with E-state index in [4.69, 9.17) is 14.2 Å². The molecule has 2 N–H and O–H groups in total. The van der Waals surface area contributed by atoms with Gasteiger partial charge in [-0.25, -0.2) is 0 Å². The molecule has 1 aromatic rings. The molecule has 0 radical (unpaired) electrons. The molecule has 1 amide bonds. The molecule has 0 saturated carbocycles. The molecule has 1 fully saturated rings. The van der Waals surface area contributed by atoms with Gasteiger partial charge in [-0.3, -0.25) is 4.79 Å². The van der Waals surface area contributed by atoms with Crippen LogP contribution in [0.5, 0.6) is 17.2 Å². The molecule has 0 aliphatic carbocycles. The topological polar surface area (TPSA) is 68.8 Å². The van der Waals surface area contributed by atoms with Crippen molar-refractivity contribution in [2.75, 3.05) is 27.9 Å². The van der Waals surface area contributed by atoms with E-state index in [-0.39, 0.29) is 11.9 Å². The minimum atomic E-state index is -0.156. The van der Waals surface area contributed by atoms with Gasteiger partial charge in [0.2, 0.25) is 11.7 Å². The van der Waals surface area contributed by atoms with Gasteiger partial charge in [0.1, 0.15) is 0 Å². The standard InChI is InChI=1S/C15H22N2O4/c1-19-12-7-6-10(13(20-2)14(12)21-3)9-17-11-5-4-8-16-15(11)18/h6-7,11,17H,4-5,8-9H2,1-3H3,(H,16,18). The number of benzene rings is 1. The van der Waals surface area contributed by atoms with Gasteiger partial charge in [0, 0.05) is 18.7 Å². The van der Waals surface area contributed by atoms with Gasteiger partial charge in [-0.05, 0) is 18.9 Å². The zero-order chi connectivity index (χ0) is 15.2. The van der Waals surface area contributed by atoms with E-state index in [0.717, 1.165) is 24.9 Å². The largest absolute Gasteiger partial charge is 0.493 e. The van der Waals surface area contributed by atoms with Crippen molar-refractivity contribution in [3.63, 3.8) is 0 Å². The number of piperidine rings is 1. The Balaban J connectivity index is 2.14. The summed E-state index contributed by atoms with van der Waals surface area (Å²) in [4.78, 5) is 11.7. The van der Waals surface area contributed by atoms with Crippen LogP contribution in [0.2, 0.25) is 0 Å². The molecule has 21 heavy (non-hydrogen) atoms. The molecule has 1 unspecified atom stereocenters. The second-order valence-corrected chi connectivity index (χ2v) is 4.86. The second kappa shape index (κ2) is 7.17. The predicted octanol–water partition coefficient (Wildman–Crippen LogP) is 1.08. The Morgan fingerprint density at radius 3 is 2.57 bits per heavy atom. The first-order chi connectivity index (χ1) is 10.2. The molecule has 6 nitrogen and oxygen atoms in total. The molecule has 6 heteroatoms. The van der Waals surface area contributed by atoms with Gasteiger partial charge in [0.15, 0.2) is 11.5 Å². The van der Waals surface area contributed by atoms with Crippen molar-refractivity contribution in [3.05, 3.63) is 17.7 Å². The van der Waals surface area contributed by atoms with E-state index in [1.54, 1.807) is 21.3 Å². The zero-order valence-electron chi connectivity index (χ0n) is 12.7. The molecule has 1 aliphatic heterocycles. The molecular formula is C15H22N2O4. The van der Waals surface area contributed by atoms with Crippen molar-refractivity contribution in [1.29, 1.82) is 0 Å². The summed E-state index contributed by atoms with van der Waals surface area (Å²) in [5.74, 6) is 1.86. The molecule has 116 valence electrons. The number of rotatable bonds is 6. The third kappa shape index (κ3) is 3.39. The Hall–Kier alpha value is -1.95. The lowest BCUT2D eigenvalue weighted by Gasteiger charge is -2.23. The lowest BCUT2D eigenvalue weighted by molar-refractivity contribution is -0.124. The molecule has 1 aliphatic rings. The van der Waals surface area contributed by atoms with E-state index in [1.807, 2.05) is 12.1 Å². The van der Waals surface area contributed by atoms with Gasteiger partial charge in [-0.1, -0.05) is 6.07 Å². The van der Waals surface area contributed by atoms with E-state index >= 15 is 0 Å². The van der Waals surface area contributed by atoms with Crippen LogP contribution in [0.3, 0.4) is 0 Å². The summed E-state index contributed by atoms with van der Waals surface area (Å²) in [6.45, 7) is 1.29. The summed E-state index contributed by atoms with van der Waals surface area (Å²) < 4.78 is 16.0. The summed E-state index contributed by atoms with van der Waals surface area (Å²) in [7, 11) is 4.75. The minimum absolute atomic E-state index is 0.0562. The predicted molar refractivity (Wildman–Crippen MR) is 79.0 cm³/mol. The van der Waals surface area contributed by atoms with Crippen LogP contribution in [0.15, 0.2) is 12.1 Å². The van der Waals surface area contributed by atoms with Crippen molar-refractivity contribution >= 4 is 5.91 Å². The highest BCUT2D eigenvalue weighted by atomic mass is 16.5. The fourth-order valence-corrected chi connectivity index (χ4v) is 2.50. The Kier molecular flexibility index (Phi) is 5.27. The van der Waals surface area contributed by atoms with Gasteiger partial charge in [0.05, 0.1) is 27.4 Å². The molecule has 0 aromatic heterocycles. The highest BCUT2D eigenvalue weighted by molar-refractivity contribution is 5.82. The summed E-state index contributed by atoms with van der Waals surface area (Å²) >= 11 is 0. The minimum Gasteiger partial charge on any atom is -0.493 e. The SMILES string of the molecule is COc1ccc(CNC2CCCNC2=O)c(OC)c1OC. The van der Waals surface area contributed by atoms with E-state index in [0.29, 0.717) is 23.8 Å². The summed E-state index contributed by atoms with van der Waals surface area (Å²) in [5, 5.41) is 6.12. The van der Waals surface area contributed by atoms with Gasteiger partial charge in [-0.15, -0.1) is 0 Å². The molecule has 0 spiro atoms. The smallest absolute Gasteiger partial charge is 0.237 e. The summed E-state index contributed by atoms with van der Waals surface area (Å²) in [5.41, 5.74) is 0.925. The molecular weight excluding hydrogens is 272 g/mol. The summed E-state index contributed by atoms with van der Waals surface area (Å²) in [6.07, 6.45) is 1.84. The Morgan fingerprint density at radius 2 is 1.95 bits per heavy atom. The monoisotopic (exact) mass is 294 g/mol. The van der Waals surface area contributed by atoms with E-state index < -0.39 is 0 Å². The highest BCUT2D eigenvalue weighted by Crippen LogP contribution is 2.39. The fraction of sp³-hybridized carbons (Fsp3) is 0.533. The van der Waals surface area contributed by atoms with Crippen molar-refractivity contribution in [3.8, 4) is 17.2 Å². The first kappa shape index (κ1) is 15.4. The van der Waals surface area contributed by atoms with Crippen LogP contribution in [-0.2, 0) is 11.3 Å². The normalized spacial score (nSPS) is 18.0. The van der Waals surface area contributed by atoms with Crippen molar-refractivity contribution < 1.29 is 19.0 Å². The van der Waals surface area contributed by atoms with E-state index in [9.17, 15) is 4.79 Å². The van der Waals surface area contributed by atoms with Crippen molar-refractivity contribution in [2.24, 2.45) is 0 Å². The quantitative estimate of drug-likeness (QED) is 0.822. The maximum Gasteiger partial charge on any atom is 0.237 e. The number of hydrogen-bond donors (Lipinski definition) is 2. The van der Waals surface area contributed by atoms with Gasteiger partial charge >= 0.3 is 0 Å². The number of nitrogens with one attached hydrogen (secondary N) is 2. The maximum absolute atomic E-state index is 11.7. The first-order valence-corrected chi connectivity index (χ1v) is 7.00. The fourth-order valence-electron chi connectivity index (χ4n) is 2.50. The molecule has 1 saturated heterocycles. The number of methoxy groups -OCH3 is 3. The maximum atomic E-state index is 11.7. The van der Waals surface area contributed by atoms with Gasteiger partial charge in [-0.2, -0.15) is 0 Å². The zero-order valence-corrected chi connectivity index (χ0v) is 12.7. The Bertz CT molecular complexity index is 505. The third-order valence-electron chi connectivity index (χ3n) is 3.61. The highest BCUT2D eigenvalue weighted by Gasteiger charge is 2.22. The first-order valence-electron chi connectivity index (χ1n) is 7.00. The third-order valence-corrected chi connectivity index (χ3v) is 3.61. The van der Waals surface area contributed by atoms with Crippen LogP contribution in [0.4, 0.5) is 0 Å². The molecule has 2 rings (SSSR count). The van der Waals surface area contributed by atoms with Gasteiger partial charge in [0.25, 0.3) is 0 Å². The number of ether oxygens (including phenoxy) is 3. The average molecular weight is 294 g/mol. The lowest BCUT2D eigenvalue weighted by atomic mass is 10.1. The number of amides is 1. The average Bonchev–Trinajstić information content (AvgIpc) is 2.52. The number of hydrogen-bond acceptors (Lipinski definition) is 5. The van der Waals surface area contributed by atoms with E-state index in [2.05, 4.69) is 10.6 Å². The number of carbonyl (C=O) groups excluding carboxylic acids is 1. The van der Waals surface area contributed by atoms with Gasteiger partial charge < -0.3 is 24.8 Å². The van der Waals surface area contributed by atoms with Crippen molar-refractivity contribution in [2.45, 2.75) is 25.4 Å². The molecule has 1 atom stereocenters. The van der Waals surface area contributed by atoms with E-state index in [1.165, 1.54) is 0 Å². The lowest BCUT2D eigenvalue weighted by Crippen LogP contribution is -2.47. The van der Waals surface area contributed by atoms with Crippen LogP contribution >= 0.6 is 0 Å². The Morgan fingerprint density at radius 1 is 1.19 bits per heavy atom. The summed E-state index contributed by atoms with van der Waals surface area (Å²) in [6, 6.07) is 3.59. The van der Waals surface area contributed by atoms with Crippen LogP contribution in [-0.4, -0.2) is 39.8 Å². The van der Waals surface area contributed by atoms with Crippen LogP contribution in [0, 0.1) is 0 Å². The molecule has 1 aromatic carbocycles.